The number of hydrogen-bond acceptors (Lipinski definition) is 5. The van der Waals surface area contributed by atoms with Gasteiger partial charge in [-0.05, 0) is 32.0 Å². The molecule has 2 aromatic rings. The molecule has 0 bridgehead atoms. The van der Waals surface area contributed by atoms with Gasteiger partial charge in [-0.3, -0.25) is 14.5 Å². The molecule has 3 rings (SSSR count). The third-order valence-electron chi connectivity index (χ3n) is 3.95. The Morgan fingerprint density at radius 3 is 2.83 bits per heavy atom. The van der Waals surface area contributed by atoms with Crippen molar-refractivity contribution in [3.8, 4) is 0 Å². The number of anilines is 1. The van der Waals surface area contributed by atoms with Gasteiger partial charge in [0.1, 0.15) is 5.69 Å². The molecule has 0 saturated carbocycles. The number of rotatable bonds is 5. The molecule has 0 aliphatic carbocycles. The van der Waals surface area contributed by atoms with E-state index in [4.69, 9.17) is 4.74 Å². The molecular formula is C17H23N5O2. The summed E-state index contributed by atoms with van der Waals surface area (Å²) in [6.45, 7) is 6.90. The van der Waals surface area contributed by atoms with Gasteiger partial charge in [-0.15, -0.1) is 0 Å². The van der Waals surface area contributed by atoms with Crippen LogP contribution in [-0.4, -0.2) is 52.5 Å². The zero-order valence-corrected chi connectivity index (χ0v) is 14.1. The van der Waals surface area contributed by atoms with Gasteiger partial charge in [0.25, 0.3) is 5.91 Å². The minimum absolute atomic E-state index is 0.168. The number of ether oxygens (including phenoxy) is 1. The fourth-order valence-electron chi connectivity index (χ4n) is 2.94. The topological polar surface area (TPSA) is 72.3 Å². The standard InChI is InChI=1S/C17H23N5O2/c1-13-11-21(12-14(2)24-13)15-4-6-18-16(10-15)17(23)19-7-9-22-8-3-5-20-22/h3-6,8,10,13-14H,7,9,11-12H2,1-2H3,(H,19,23). The predicted octanol–water partition coefficient (Wildman–Crippen LogP) is 1.32. The van der Waals surface area contributed by atoms with Crippen LogP contribution in [0.15, 0.2) is 36.8 Å². The maximum atomic E-state index is 12.3. The molecule has 2 aromatic heterocycles. The number of pyridine rings is 1. The number of nitrogens with one attached hydrogen (secondary N) is 1. The molecular weight excluding hydrogens is 306 g/mol. The van der Waals surface area contributed by atoms with Crippen LogP contribution in [0, 0.1) is 0 Å². The molecule has 0 radical (unpaired) electrons. The maximum absolute atomic E-state index is 12.3. The Balaban J connectivity index is 1.60. The molecule has 1 saturated heterocycles. The van der Waals surface area contributed by atoms with E-state index in [-0.39, 0.29) is 18.1 Å². The van der Waals surface area contributed by atoms with Gasteiger partial charge in [-0.1, -0.05) is 0 Å². The highest BCUT2D eigenvalue weighted by molar-refractivity contribution is 5.93. The Labute approximate surface area is 141 Å². The summed E-state index contributed by atoms with van der Waals surface area (Å²) in [4.78, 5) is 18.7. The smallest absolute Gasteiger partial charge is 0.270 e. The summed E-state index contributed by atoms with van der Waals surface area (Å²) in [5.41, 5.74) is 1.43. The summed E-state index contributed by atoms with van der Waals surface area (Å²) in [7, 11) is 0. The molecule has 2 unspecified atom stereocenters. The number of amides is 1. The number of hydrogen-bond donors (Lipinski definition) is 1. The van der Waals surface area contributed by atoms with Crippen molar-refractivity contribution in [1.29, 1.82) is 0 Å². The van der Waals surface area contributed by atoms with Crippen LogP contribution in [0.25, 0.3) is 0 Å². The molecule has 0 aromatic carbocycles. The molecule has 7 nitrogen and oxygen atoms in total. The third kappa shape index (κ3) is 4.11. The number of carbonyl (C=O) groups is 1. The molecule has 0 spiro atoms. The zero-order chi connectivity index (χ0) is 16.9. The Bertz CT molecular complexity index is 663. The largest absolute Gasteiger partial charge is 0.372 e. The minimum atomic E-state index is -0.168. The van der Waals surface area contributed by atoms with Gasteiger partial charge in [0, 0.05) is 43.9 Å². The van der Waals surface area contributed by atoms with Gasteiger partial charge < -0.3 is 15.0 Å². The second-order valence-electron chi connectivity index (χ2n) is 6.09. The van der Waals surface area contributed by atoms with Crippen molar-refractivity contribution >= 4 is 11.6 Å². The first-order valence-electron chi connectivity index (χ1n) is 8.24. The van der Waals surface area contributed by atoms with Crippen LogP contribution in [0.5, 0.6) is 0 Å². The van der Waals surface area contributed by atoms with E-state index in [0.29, 0.717) is 18.8 Å². The molecule has 1 aliphatic rings. The lowest BCUT2D eigenvalue weighted by Gasteiger charge is -2.36. The molecule has 1 amide bonds. The molecule has 1 N–H and O–H groups in total. The van der Waals surface area contributed by atoms with Crippen molar-refractivity contribution in [2.75, 3.05) is 24.5 Å². The first-order valence-corrected chi connectivity index (χ1v) is 8.24. The molecule has 2 atom stereocenters. The van der Waals surface area contributed by atoms with Gasteiger partial charge in [0.2, 0.25) is 0 Å². The van der Waals surface area contributed by atoms with Crippen LogP contribution in [0.2, 0.25) is 0 Å². The van der Waals surface area contributed by atoms with Crippen LogP contribution < -0.4 is 10.2 Å². The monoisotopic (exact) mass is 329 g/mol. The van der Waals surface area contributed by atoms with E-state index in [9.17, 15) is 4.79 Å². The zero-order valence-electron chi connectivity index (χ0n) is 14.1. The molecule has 128 valence electrons. The highest BCUT2D eigenvalue weighted by Gasteiger charge is 2.23. The van der Waals surface area contributed by atoms with E-state index < -0.39 is 0 Å². The SMILES string of the molecule is CC1CN(c2ccnc(C(=O)NCCn3cccn3)c2)CC(C)O1. The Morgan fingerprint density at radius 1 is 1.33 bits per heavy atom. The summed E-state index contributed by atoms with van der Waals surface area (Å²) in [6.07, 6.45) is 5.62. The van der Waals surface area contributed by atoms with Gasteiger partial charge >= 0.3 is 0 Å². The first-order chi connectivity index (χ1) is 11.6. The first kappa shape index (κ1) is 16.4. The van der Waals surface area contributed by atoms with E-state index in [2.05, 4.69) is 34.1 Å². The maximum Gasteiger partial charge on any atom is 0.270 e. The highest BCUT2D eigenvalue weighted by Crippen LogP contribution is 2.20. The third-order valence-corrected chi connectivity index (χ3v) is 3.95. The van der Waals surface area contributed by atoms with Crippen molar-refractivity contribution < 1.29 is 9.53 Å². The average molecular weight is 329 g/mol. The van der Waals surface area contributed by atoms with E-state index >= 15 is 0 Å². The number of morpholine rings is 1. The second kappa shape index (κ2) is 7.44. The predicted molar refractivity (Wildman–Crippen MR) is 91.0 cm³/mol. The van der Waals surface area contributed by atoms with E-state index in [1.165, 1.54) is 0 Å². The lowest BCUT2D eigenvalue weighted by molar-refractivity contribution is -0.00522. The Kier molecular flexibility index (Phi) is 5.10. The molecule has 1 fully saturated rings. The summed E-state index contributed by atoms with van der Waals surface area (Å²) >= 11 is 0. The molecule has 24 heavy (non-hydrogen) atoms. The summed E-state index contributed by atoms with van der Waals surface area (Å²) in [5, 5.41) is 6.99. The van der Waals surface area contributed by atoms with Crippen LogP contribution in [-0.2, 0) is 11.3 Å². The van der Waals surface area contributed by atoms with Crippen LogP contribution in [0.1, 0.15) is 24.3 Å². The molecule has 7 heteroatoms. The number of aromatic nitrogens is 3. The lowest BCUT2D eigenvalue weighted by Crippen LogP contribution is -2.45. The quantitative estimate of drug-likeness (QED) is 0.896. The van der Waals surface area contributed by atoms with Gasteiger partial charge in [0.05, 0.1) is 18.8 Å². The summed E-state index contributed by atoms with van der Waals surface area (Å²) < 4.78 is 7.54. The number of carbonyl (C=O) groups excluding carboxylic acids is 1. The molecule has 1 aliphatic heterocycles. The minimum Gasteiger partial charge on any atom is -0.372 e. The summed E-state index contributed by atoms with van der Waals surface area (Å²) in [6, 6.07) is 5.64. The normalized spacial score (nSPS) is 20.8. The fourth-order valence-corrected chi connectivity index (χ4v) is 2.94. The number of nitrogens with zero attached hydrogens (tertiary/aromatic N) is 4. The van der Waals surface area contributed by atoms with Crippen molar-refractivity contribution in [2.24, 2.45) is 0 Å². The highest BCUT2D eigenvalue weighted by atomic mass is 16.5. The van der Waals surface area contributed by atoms with Crippen molar-refractivity contribution in [1.82, 2.24) is 20.1 Å². The molecule has 3 heterocycles. The van der Waals surface area contributed by atoms with Crippen molar-refractivity contribution in [2.45, 2.75) is 32.6 Å². The second-order valence-corrected chi connectivity index (χ2v) is 6.09. The van der Waals surface area contributed by atoms with Gasteiger partial charge in [-0.2, -0.15) is 5.10 Å². The van der Waals surface area contributed by atoms with Gasteiger partial charge in [-0.25, -0.2) is 0 Å². The van der Waals surface area contributed by atoms with Crippen molar-refractivity contribution in [3.05, 3.63) is 42.5 Å². The lowest BCUT2D eigenvalue weighted by atomic mass is 10.2. The van der Waals surface area contributed by atoms with Crippen LogP contribution in [0.3, 0.4) is 0 Å². The van der Waals surface area contributed by atoms with E-state index in [0.717, 1.165) is 18.8 Å². The van der Waals surface area contributed by atoms with Crippen molar-refractivity contribution in [3.63, 3.8) is 0 Å². The van der Waals surface area contributed by atoms with Gasteiger partial charge in [0.15, 0.2) is 0 Å². The van der Waals surface area contributed by atoms with Crippen LogP contribution >= 0.6 is 0 Å². The Morgan fingerprint density at radius 2 is 2.12 bits per heavy atom. The summed E-state index contributed by atoms with van der Waals surface area (Å²) in [5.74, 6) is -0.168. The van der Waals surface area contributed by atoms with Crippen LogP contribution in [0.4, 0.5) is 5.69 Å². The average Bonchev–Trinajstić information content (AvgIpc) is 3.07. The van der Waals surface area contributed by atoms with E-state index in [1.807, 2.05) is 24.4 Å². The van der Waals surface area contributed by atoms with E-state index in [1.54, 1.807) is 17.1 Å². The Hall–Kier alpha value is -2.41. The fraction of sp³-hybridized carbons (Fsp3) is 0.471.